The number of aryl methyl sites for hydroxylation is 1. The van der Waals surface area contributed by atoms with Gasteiger partial charge in [0.25, 0.3) is 0 Å². The van der Waals surface area contributed by atoms with Gasteiger partial charge in [-0.05, 0) is 12.1 Å². The van der Waals surface area contributed by atoms with Crippen molar-refractivity contribution in [2.45, 2.75) is 13.3 Å². The standard InChI is InChI=1S/C6H8O/c1-2-6-4-3-5-7-6/h3-5H,2H2,1H3/i2D2. The van der Waals surface area contributed by atoms with Crippen molar-refractivity contribution in [1.29, 1.82) is 0 Å². The predicted octanol–water partition coefficient (Wildman–Crippen LogP) is 1.84. The Morgan fingerprint density at radius 1 is 2.00 bits per heavy atom. The first-order valence-corrected chi connectivity index (χ1v) is 2.15. The molecule has 0 aliphatic carbocycles. The van der Waals surface area contributed by atoms with Crippen LogP contribution in [0, 0.1) is 0 Å². The van der Waals surface area contributed by atoms with Gasteiger partial charge in [0.05, 0.1) is 6.26 Å². The van der Waals surface area contributed by atoms with Gasteiger partial charge in [0, 0.05) is 9.11 Å². The molecule has 0 fully saturated rings. The second-order valence-electron chi connectivity index (χ2n) is 1.23. The van der Waals surface area contributed by atoms with Crippen LogP contribution in [0.2, 0.25) is 0 Å². The molecule has 0 aliphatic rings. The fourth-order valence-corrected chi connectivity index (χ4v) is 0.421. The van der Waals surface area contributed by atoms with E-state index in [2.05, 4.69) is 0 Å². The average Bonchev–Trinajstić information content (AvgIpc) is 2.08. The Morgan fingerprint density at radius 2 is 2.86 bits per heavy atom. The van der Waals surface area contributed by atoms with Gasteiger partial charge in [-0.1, -0.05) is 6.92 Å². The normalized spacial score (nSPS) is 15.6. The van der Waals surface area contributed by atoms with Gasteiger partial charge >= 0.3 is 0 Å². The topological polar surface area (TPSA) is 13.1 Å². The van der Waals surface area contributed by atoms with E-state index >= 15 is 0 Å². The first-order valence-electron chi connectivity index (χ1n) is 3.15. The third-order valence-corrected chi connectivity index (χ3v) is 0.768. The molecular formula is C6H8O. The van der Waals surface area contributed by atoms with Crippen molar-refractivity contribution in [1.82, 2.24) is 0 Å². The molecule has 1 aromatic rings. The minimum absolute atomic E-state index is 0.377. The maximum atomic E-state index is 7.16. The van der Waals surface area contributed by atoms with Crippen molar-refractivity contribution in [2.75, 3.05) is 0 Å². The van der Waals surface area contributed by atoms with Crippen LogP contribution in [0.1, 0.15) is 15.4 Å². The van der Waals surface area contributed by atoms with E-state index in [9.17, 15) is 0 Å². The van der Waals surface area contributed by atoms with Crippen LogP contribution >= 0.6 is 0 Å². The fraction of sp³-hybridized carbons (Fsp3) is 0.333. The fourth-order valence-electron chi connectivity index (χ4n) is 0.421. The summed E-state index contributed by atoms with van der Waals surface area (Å²) in [5.41, 5.74) is 0. The highest BCUT2D eigenvalue weighted by Crippen LogP contribution is 1.98. The lowest BCUT2D eigenvalue weighted by Crippen LogP contribution is -1.66. The van der Waals surface area contributed by atoms with Gasteiger partial charge in [0.1, 0.15) is 5.76 Å². The van der Waals surface area contributed by atoms with Gasteiger partial charge in [-0.2, -0.15) is 0 Å². The Hall–Kier alpha value is -0.720. The van der Waals surface area contributed by atoms with Crippen molar-refractivity contribution in [3.05, 3.63) is 24.2 Å². The molecular weight excluding hydrogens is 88.1 g/mol. The van der Waals surface area contributed by atoms with Gasteiger partial charge in [-0.15, -0.1) is 0 Å². The van der Waals surface area contributed by atoms with E-state index in [1.54, 1.807) is 12.1 Å². The lowest BCUT2D eigenvalue weighted by molar-refractivity contribution is 0.516. The monoisotopic (exact) mass is 98.1 g/mol. The largest absolute Gasteiger partial charge is 0.469 e. The Bertz CT molecular complexity index is 173. The highest BCUT2D eigenvalue weighted by Gasteiger charge is 1.84. The molecule has 0 saturated carbocycles. The van der Waals surface area contributed by atoms with E-state index in [0.29, 0.717) is 5.76 Å². The van der Waals surface area contributed by atoms with Crippen LogP contribution < -0.4 is 0 Å². The SMILES string of the molecule is [2H]C([2H])(C)c1ccco1. The molecule has 1 rings (SSSR count). The molecule has 0 aromatic carbocycles. The molecule has 1 nitrogen and oxygen atoms in total. The molecule has 1 aromatic heterocycles. The van der Waals surface area contributed by atoms with Crippen LogP contribution in [0.25, 0.3) is 0 Å². The summed E-state index contributed by atoms with van der Waals surface area (Å²) in [5.74, 6) is 0.377. The molecule has 0 spiro atoms. The molecule has 0 N–H and O–H groups in total. The smallest absolute Gasteiger partial charge is 0.103 e. The Labute approximate surface area is 45.8 Å². The van der Waals surface area contributed by atoms with Crippen molar-refractivity contribution >= 4 is 0 Å². The van der Waals surface area contributed by atoms with Crippen molar-refractivity contribution < 1.29 is 7.16 Å². The molecule has 1 heterocycles. The summed E-state index contributed by atoms with van der Waals surface area (Å²) in [6.07, 6.45) is 0.125. The van der Waals surface area contributed by atoms with E-state index < -0.39 is 6.37 Å². The molecule has 1 heteroatoms. The quantitative estimate of drug-likeness (QED) is 0.522. The second kappa shape index (κ2) is 1.82. The van der Waals surface area contributed by atoms with Gasteiger partial charge in [-0.25, -0.2) is 0 Å². The first kappa shape index (κ1) is 2.55. The van der Waals surface area contributed by atoms with Crippen LogP contribution in [0.5, 0.6) is 0 Å². The first-order chi connectivity index (χ1) is 4.11. The van der Waals surface area contributed by atoms with E-state index in [0.717, 1.165) is 0 Å². The molecule has 0 radical (unpaired) electrons. The van der Waals surface area contributed by atoms with Crippen LogP contribution in [-0.4, -0.2) is 0 Å². The summed E-state index contributed by atoms with van der Waals surface area (Å²) in [6, 6.07) is 3.30. The number of furan rings is 1. The summed E-state index contributed by atoms with van der Waals surface area (Å²) >= 11 is 0. The maximum absolute atomic E-state index is 7.16. The van der Waals surface area contributed by atoms with E-state index in [1.165, 1.54) is 13.2 Å². The van der Waals surface area contributed by atoms with Crippen LogP contribution in [0.4, 0.5) is 0 Å². The Balaban J connectivity index is 2.90. The average molecular weight is 98.1 g/mol. The van der Waals surface area contributed by atoms with Crippen molar-refractivity contribution in [3.8, 4) is 0 Å². The molecule has 0 bridgehead atoms. The minimum Gasteiger partial charge on any atom is -0.469 e. The van der Waals surface area contributed by atoms with Gasteiger partial charge < -0.3 is 4.42 Å². The summed E-state index contributed by atoms with van der Waals surface area (Å²) in [7, 11) is 0. The summed E-state index contributed by atoms with van der Waals surface area (Å²) in [4.78, 5) is 0. The Kier molecular flexibility index (Phi) is 0.666. The molecule has 0 atom stereocenters. The van der Waals surface area contributed by atoms with Crippen LogP contribution in [0.15, 0.2) is 22.8 Å². The Morgan fingerprint density at radius 3 is 3.14 bits per heavy atom. The number of hydrogen-bond donors (Lipinski definition) is 0. The number of rotatable bonds is 1. The zero-order valence-corrected chi connectivity index (χ0v) is 4.14. The minimum atomic E-state index is -1.34. The maximum Gasteiger partial charge on any atom is 0.103 e. The third kappa shape index (κ3) is 0.829. The molecule has 0 amide bonds. The van der Waals surface area contributed by atoms with Crippen molar-refractivity contribution in [2.24, 2.45) is 0 Å². The van der Waals surface area contributed by atoms with E-state index in [4.69, 9.17) is 7.16 Å². The highest BCUT2D eigenvalue weighted by molar-refractivity contribution is 4.96. The number of hydrogen-bond acceptors (Lipinski definition) is 1. The van der Waals surface area contributed by atoms with Gasteiger partial charge in [0.2, 0.25) is 0 Å². The zero-order chi connectivity index (χ0) is 6.91. The molecule has 38 valence electrons. The van der Waals surface area contributed by atoms with Crippen LogP contribution in [-0.2, 0) is 6.37 Å². The van der Waals surface area contributed by atoms with E-state index in [1.807, 2.05) is 0 Å². The third-order valence-electron chi connectivity index (χ3n) is 0.768. The highest BCUT2D eigenvalue weighted by atomic mass is 16.3. The summed E-state index contributed by atoms with van der Waals surface area (Å²) in [6.45, 7) is 1.46. The van der Waals surface area contributed by atoms with Crippen molar-refractivity contribution in [3.63, 3.8) is 0 Å². The molecule has 7 heavy (non-hydrogen) atoms. The lowest BCUT2D eigenvalue weighted by Gasteiger charge is -1.79. The second-order valence-corrected chi connectivity index (χ2v) is 1.23. The summed E-state index contributed by atoms with van der Waals surface area (Å²) in [5, 5.41) is 0. The van der Waals surface area contributed by atoms with E-state index in [-0.39, 0.29) is 0 Å². The lowest BCUT2D eigenvalue weighted by atomic mass is 10.4. The van der Waals surface area contributed by atoms with Gasteiger partial charge in [-0.3, -0.25) is 0 Å². The zero-order valence-electron chi connectivity index (χ0n) is 6.14. The molecule has 0 saturated heterocycles. The molecule has 0 unspecified atom stereocenters. The van der Waals surface area contributed by atoms with Gasteiger partial charge in [0.15, 0.2) is 0 Å². The molecule has 0 aliphatic heterocycles. The van der Waals surface area contributed by atoms with Crippen LogP contribution in [0.3, 0.4) is 0 Å². The summed E-state index contributed by atoms with van der Waals surface area (Å²) < 4.78 is 19.1. The predicted molar refractivity (Wildman–Crippen MR) is 28.1 cm³/mol.